The molecule has 3 heteroatoms. The highest BCUT2D eigenvalue weighted by Crippen LogP contribution is 2.19. The number of pyridine rings is 1. The fourth-order valence-corrected chi connectivity index (χ4v) is 1.56. The molecule has 0 amide bonds. The van der Waals surface area contributed by atoms with E-state index < -0.39 is 0 Å². The lowest BCUT2D eigenvalue weighted by atomic mass is 10.1. The number of nitrogens with one attached hydrogen (secondary N) is 1. The van der Waals surface area contributed by atoms with Crippen LogP contribution < -0.4 is 10.1 Å². The first-order valence-corrected chi connectivity index (χ1v) is 4.81. The molecule has 74 valence electrons. The lowest BCUT2D eigenvalue weighted by Gasteiger charge is -2.13. The van der Waals surface area contributed by atoms with Crippen LogP contribution in [-0.4, -0.2) is 25.2 Å². The first-order valence-electron chi connectivity index (χ1n) is 4.81. The highest BCUT2D eigenvalue weighted by molar-refractivity contribution is 5.63. The third-order valence-electron chi connectivity index (χ3n) is 2.33. The van der Waals surface area contributed by atoms with E-state index in [1.807, 2.05) is 18.2 Å². The Bertz CT molecular complexity index is 347. The number of aromatic nitrogens is 1. The molecule has 14 heavy (non-hydrogen) atoms. The van der Waals surface area contributed by atoms with Gasteiger partial charge in [-0.05, 0) is 24.6 Å². The van der Waals surface area contributed by atoms with E-state index in [1.165, 1.54) is 5.57 Å². The molecule has 3 nitrogen and oxygen atoms in total. The molecule has 1 aliphatic rings. The van der Waals surface area contributed by atoms with E-state index >= 15 is 0 Å². The molecule has 2 rings (SSSR count). The number of hydrogen-bond acceptors (Lipinski definition) is 3. The lowest BCUT2D eigenvalue weighted by molar-refractivity contribution is 0.397. The van der Waals surface area contributed by atoms with E-state index in [0.29, 0.717) is 5.88 Å². The third kappa shape index (κ3) is 1.93. The molecule has 0 fully saturated rings. The van der Waals surface area contributed by atoms with Gasteiger partial charge >= 0.3 is 0 Å². The molecule has 0 saturated heterocycles. The van der Waals surface area contributed by atoms with E-state index in [4.69, 9.17) is 4.74 Å². The molecular weight excluding hydrogens is 176 g/mol. The number of hydrogen-bond donors (Lipinski definition) is 1. The maximum atomic E-state index is 5.09. The number of methoxy groups -OCH3 is 1. The van der Waals surface area contributed by atoms with Gasteiger partial charge in [0.25, 0.3) is 0 Å². The number of nitrogens with zero attached hydrogens (tertiary/aromatic N) is 1. The summed E-state index contributed by atoms with van der Waals surface area (Å²) < 4.78 is 5.09. The summed E-state index contributed by atoms with van der Waals surface area (Å²) in [4.78, 5) is 4.40. The van der Waals surface area contributed by atoms with Gasteiger partial charge < -0.3 is 10.1 Å². The molecule has 0 bridgehead atoms. The summed E-state index contributed by atoms with van der Waals surface area (Å²) in [5.41, 5.74) is 2.34. The van der Waals surface area contributed by atoms with Crippen LogP contribution in [-0.2, 0) is 0 Å². The van der Waals surface area contributed by atoms with Crippen LogP contribution in [0.15, 0.2) is 24.3 Å². The van der Waals surface area contributed by atoms with Gasteiger partial charge in [0, 0.05) is 12.6 Å². The monoisotopic (exact) mass is 190 g/mol. The van der Waals surface area contributed by atoms with Crippen LogP contribution in [0.4, 0.5) is 0 Å². The Labute approximate surface area is 83.8 Å². The average molecular weight is 190 g/mol. The van der Waals surface area contributed by atoms with Crippen LogP contribution in [0, 0.1) is 0 Å². The first kappa shape index (κ1) is 9.21. The van der Waals surface area contributed by atoms with E-state index in [2.05, 4.69) is 16.4 Å². The highest BCUT2D eigenvalue weighted by Gasteiger charge is 2.07. The van der Waals surface area contributed by atoms with Gasteiger partial charge in [-0.2, -0.15) is 0 Å². The standard InChI is InChI=1S/C11H14N2O/c1-14-11-4-2-3-10(13-11)9-5-7-12-8-6-9/h2-5,12H,6-8H2,1H3. The Morgan fingerprint density at radius 2 is 2.36 bits per heavy atom. The van der Waals surface area contributed by atoms with E-state index in [1.54, 1.807) is 7.11 Å². The van der Waals surface area contributed by atoms with Crippen LogP contribution in [0.3, 0.4) is 0 Å². The second kappa shape index (κ2) is 4.24. The van der Waals surface area contributed by atoms with Crippen molar-refractivity contribution < 1.29 is 4.74 Å². The summed E-state index contributed by atoms with van der Waals surface area (Å²) in [6.07, 6.45) is 3.23. The van der Waals surface area contributed by atoms with Crippen LogP contribution in [0.1, 0.15) is 12.1 Å². The zero-order chi connectivity index (χ0) is 9.80. The lowest BCUT2D eigenvalue weighted by Crippen LogP contribution is -2.20. The quantitative estimate of drug-likeness (QED) is 0.766. The summed E-state index contributed by atoms with van der Waals surface area (Å²) in [5, 5.41) is 3.28. The van der Waals surface area contributed by atoms with Crippen molar-refractivity contribution in [2.45, 2.75) is 6.42 Å². The van der Waals surface area contributed by atoms with Gasteiger partial charge in [-0.25, -0.2) is 4.98 Å². The number of rotatable bonds is 2. The molecule has 0 saturated carbocycles. The average Bonchev–Trinajstić information content (AvgIpc) is 2.30. The van der Waals surface area contributed by atoms with Crippen LogP contribution >= 0.6 is 0 Å². The zero-order valence-corrected chi connectivity index (χ0v) is 8.29. The van der Waals surface area contributed by atoms with E-state index in [-0.39, 0.29) is 0 Å². The fraction of sp³-hybridized carbons (Fsp3) is 0.364. The van der Waals surface area contributed by atoms with Crippen LogP contribution in [0.2, 0.25) is 0 Å². The Morgan fingerprint density at radius 3 is 3.07 bits per heavy atom. The van der Waals surface area contributed by atoms with Crippen molar-refractivity contribution in [2.75, 3.05) is 20.2 Å². The van der Waals surface area contributed by atoms with Gasteiger partial charge in [-0.3, -0.25) is 0 Å². The van der Waals surface area contributed by atoms with Gasteiger partial charge in [0.05, 0.1) is 12.8 Å². The molecule has 1 aliphatic heterocycles. The van der Waals surface area contributed by atoms with Crippen molar-refractivity contribution in [3.8, 4) is 5.88 Å². The second-order valence-corrected chi connectivity index (χ2v) is 3.25. The Kier molecular flexibility index (Phi) is 2.79. The maximum Gasteiger partial charge on any atom is 0.213 e. The van der Waals surface area contributed by atoms with Crippen molar-refractivity contribution in [1.82, 2.24) is 10.3 Å². The summed E-state index contributed by atoms with van der Waals surface area (Å²) in [6, 6.07) is 5.87. The van der Waals surface area contributed by atoms with Crippen LogP contribution in [0.5, 0.6) is 5.88 Å². The highest BCUT2D eigenvalue weighted by atomic mass is 16.5. The predicted octanol–water partition coefficient (Wildman–Crippen LogP) is 1.47. The van der Waals surface area contributed by atoms with Gasteiger partial charge in [0.2, 0.25) is 5.88 Å². The fourth-order valence-electron chi connectivity index (χ4n) is 1.56. The minimum absolute atomic E-state index is 0.682. The summed E-state index contributed by atoms with van der Waals surface area (Å²) in [7, 11) is 1.64. The molecule has 0 radical (unpaired) electrons. The Hall–Kier alpha value is -1.35. The molecule has 0 spiro atoms. The molecule has 1 aromatic heterocycles. The Morgan fingerprint density at radius 1 is 1.43 bits per heavy atom. The van der Waals surface area contributed by atoms with Gasteiger partial charge in [0.15, 0.2) is 0 Å². The largest absolute Gasteiger partial charge is 0.481 e. The zero-order valence-electron chi connectivity index (χ0n) is 8.29. The van der Waals surface area contributed by atoms with E-state index in [9.17, 15) is 0 Å². The van der Waals surface area contributed by atoms with Crippen molar-refractivity contribution in [2.24, 2.45) is 0 Å². The topological polar surface area (TPSA) is 34.1 Å². The SMILES string of the molecule is COc1cccc(C2=CCNCC2)n1. The number of ether oxygens (including phenoxy) is 1. The van der Waals surface area contributed by atoms with Crippen LogP contribution in [0.25, 0.3) is 5.57 Å². The molecule has 0 unspecified atom stereocenters. The maximum absolute atomic E-state index is 5.09. The molecule has 0 aromatic carbocycles. The minimum Gasteiger partial charge on any atom is -0.481 e. The smallest absolute Gasteiger partial charge is 0.213 e. The second-order valence-electron chi connectivity index (χ2n) is 3.25. The van der Waals surface area contributed by atoms with Crippen molar-refractivity contribution >= 4 is 5.57 Å². The Balaban J connectivity index is 2.26. The van der Waals surface area contributed by atoms with E-state index in [0.717, 1.165) is 25.2 Å². The molecule has 1 aromatic rings. The van der Waals surface area contributed by atoms with Gasteiger partial charge in [0.1, 0.15) is 0 Å². The first-order chi connectivity index (χ1) is 6.90. The molecular formula is C11H14N2O. The third-order valence-corrected chi connectivity index (χ3v) is 2.33. The van der Waals surface area contributed by atoms with Gasteiger partial charge in [-0.1, -0.05) is 12.1 Å². The molecule has 0 atom stereocenters. The molecule has 1 N–H and O–H groups in total. The van der Waals surface area contributed by atoms with Gasteiger partial charge in [-0.15, -0.1) is 0 Å². The molecule has 0 aliphatic carbocycles. The summed E-state index contributed by atoms with van der Waals surface area (Å²) >= 11 is 0. The summed E-state index contributed by atoms with van der Waals surface area (Å²) in [6.45, 7) is 1.97. The van der Waals surface area contributed by atoms with Crippen molar-refractivity contribution in [3.63, 3.8) is 0 Å². The normalized spacial score (nSPS) is 16.2. The van der Waals surface area contributed by atoms with Crippen molar-refractivity contribution in [1.29, 1.82) is 0 Å². The minimum atomic E-state index is 0.682. The summed E-state index contributed by atoms with van der Waals surface area (Å²) in [5.74, 6) is 0.682. The predicted molar refractivity (Wildman–Crippen MR) is 56.3 cm³/mol. The molecule has 2 heterocycles. The van der Waals surface area contributed by atoms with Crippen molar-refractivity contribution in [3.05, 3.63) is 30.0 Å².